The molecule has 1 heterocycles. The summed E-state index contributed by atoms with van der Waals surface area (Å²) in [6.45, 7) is 6.07. The minimum absolute atomic E-state index is 0.479. The number of aliphatic hydroxyl groups is 1. The van der Waals surface area contributed by atoms with Gasteiger partial charge in [0.25, 0.3) is 0 Å². The van der Waals surface area contributed by atoms with Gasteiger partial charge in [0.1, 0.15) is 0 Å². The van der Waals surface area contributed by atoms with E-state index in [0.29, 0.717) is 11.4 Å². The molecule has 1 aromatic heterocycles. The van der Waals surface area contributed by atoms with Crippen molar-refractivity contribution in [1.82, 2.24) is 9.78 Å². The maximum atomic E-state index is 10.5. The van der Waals surface area contributed by atoms with Gasteiger partial charge in [0.15, 0.2) is 0 Å². The first kappa shape index (κ1) is 15.1. The minimum Gasteiger partial charge on any atom is -0.388 e. The fourth-order valence-electron chi connectivity index (χ4n) is 2.45. The Balaban J connectivity index is 2.30. The average molecular weight is 293 g/mol. The molecule has 0 aliphatic carbocycles. The number of benzene rings is 1. The lowest BCUT2D eigenvalue weighted by Crippen LogP contribution is -2.08. The van der Waals surface area contributed by atoms with Crippen molar-refractivity contribution in [3.63, 3.8) is 0 Å². The van der Waals surface area contributed by atoms with E-state index in [1.807, 2.05) is 40.0 Å². The Bertz CT molecular complexity index is 619. The molecular formula is C16H21ClN2O. The lowest BCUT2D eigenvalue weighted by atomic mass is 9.98. The molecule has 0 amide bonds. The van der Waals surface area contributed by atoms with Crippen LogP contribution in [0.4, 0.5) is 0 Å². The first-order valence-corrected chi connectivity index (χ1v) is 7.27. The second kappa shape index (κ2) is 5.98. The molecule has 20 heavy (non-hydrogen) atoms. The Morgan fingerprint density at radius 1 is 1.35 bits per heavy atom. The summed E-state index contributed by atoms with van der Waals surface area (Å²) in [5.74, 6) is 0. The van der Waals surface area contributed by atoms with Crippen molar-refractivity contribution in [2.75, 3.05) is 0 Å². The smallest absolute Gasteiger partial charge is 0.0850 e. The van der Waals surface area contributed by atoms with E-state index in [9.17, 15) is 5.11 Å². The molecule has 2 rings (SSSR count). The highest BCUT2D eigenvalue weighted by atomic mass is 35.5. The molecule has 1 atom stereocenters. The van der Waals surface area contributed by atoms with Crippen LogP contribution in [0.25, 0.3) is 0 Å². The fourth-order valence-corrected chi connectivity index (χ4v) is 2.82. The summed E-state index contributed by atoms with van der Waals surface area (Å²) in [4.78, 5) is 0. The van der Waals surface area contributed by atoms with Crippen molar-refractivity contribution in [3.8, 4) is 0 Å². The number of hydrogen-bond acceptors (Lipinski definition) is 2. The standard InChI is InChI=1S/C16H21ClN2O/c1-5-13-16(17)14(19(4)18-13)9-15(20)12-8-10(2)6-7-11(12)3/h6-8,15,20H,5,9H2,1-4H3. The zero-order valence-corrected chi connectivity index (χ0v) is 13.2. The lowest BCUT2D eigenvalue weighted by Gasteiger charge is -2.15. The zero-order valence-electron chi connectivity index (χ0n) is 12.4. The molecule has 1 N–H and O–H groups in total. The summed E-state index contributed by atoms with van der Waals surface area (Å²) >= 11 is 6.34. The topological polar surface area (TPSA) is 38.0 Å². The largest absolute Gasteiger partial charge is 0.388 e. The average Bonchev–Trinajstić information content (AvgIpc) is 2.68. The van der Waals surface area contributed by atoms with E-state index in [1.165, 1.54) is 0 Å². The van der Waals surface area contributed by atoms with Crippen LogP contribution in [-0.4, -0.2) is 14.9 Å². The molecule has 0 saturated carbocycles. The number of aliphatic hydroxyl groups excluding tert-OH is 1. The SMILES string of the molecule is CCc1nn(C)c(CC(O)c2cc(C)ccc2C)c1Cl. The Labute approximate surface area is 125 Å². The molecule has 0 radical (unpaired) electrons. The normalized spacial score (nSPS) is 12.7. The van der Waals surface area contributed by atoms with Gasteiger partial charge in [0, 0.05) is 13.5 Å². The maximum absolute atomic E-state index is 10.5. The van der Waals surface area contributed by atoms with Crippen LogP contribution in [0.1, 0.15) is 41.1 Å². The van der Waals surface area contributed by atoms with Crippen LogP contribution >= 0.6 is 11.6 Å². The maximum Gasteiger partial charge on any atom is 0.0850 e. The Hall–Kier alpha value is -1.32. The van der Waals surface area contributed by atoms with Crippen molar-refractivity contribution in [3.05, 3.63) is 51.3 Å². The van der Waals surface area contributed by atoms with Gasteiger partial charge in [-0.3, -0.25) is 4.68 Å². The van der Waals surface area contributed by atoms with Gasteiger partial charge in [0.2, 0.25) is 0 Å². The first-order valence-electron chi connectivity index (χ1n) is 6.89. The molecule has 0 bridgehead atoms. The molecule has 4 heteroatoms. The summed E-state index contributed by atoms with van der Waals surface area (Å²) in [5.41, 5.74) is 4.97. The number of aryl methyl sites for hydroxylation is 4. The number of rotatable bonds is 4. The molecule has 2 aromatic rings. The molecule has 0 aliphatic rings. The van der Waals surface area contributed by atoms with Crippen molar-refractivity contribution in [1.29, 1.82) is 0 Å². The number of nitrogens with zero attached hydrogens (tertiary/aromatic N) is 2. The summed E-state index contributed by atoms with van der Waals surface area (Å²) in [6, 6.07) is 6.12. The van der Waals surface area contributed by atoms with Crippen molar-refractivity contribution in [2.24, 2.45) is 7.05 Å². The molecule has 3 nitrogen and oxygen atoms in total. The van der Waals surface area contributed by atoms with Crippen molar-refractivity contribution >= 4 is 11.6 Å². The molecule has 0 aliphatic heterocycles. The van der Waals surface area contributed by atoms with Crippen LogP contribution in [-0.2, 0) is 19.9 Å². The van der Waals surface area contributed by atoms with Crippen LogP contribution in [0.3, 0.4) is 0 Å². The molecule has 0 spiro atoms. The van der Waals surface area contributed by atoms with Crippen molar-refractivity contribution < 1.29 is 5.11 Å². The van der Waals surface area contributed by atoms with Gasteiger partial charge in [-0.2, -0.15) is 5.10 Å². The van der Waals surface area contributed by atoms with Crippen molar-refractivity contribution in [2.45, 2.75) is 39.7 Å². The van der Waals surface area contributed by atoms with Gasteiger partial charge in [-0.1, -0.05) is 42.3 Å². The van der Waals surface area contributed by atoms with Gasteiger partial charge in [-0.25, -0.2) is 0 Å². The van der Waals surface area contributed by atoms with E-state index < -0.39 is 6.10 Å². The molecule has 108 valence electrons. The van der Waals surface area contributed by atoms with E-state index in [1.54, 1.807) is 4.68 Å². The highest BCUT2D eigenvalue weighted by Gasteiger charge is 2.18. The van der Waals surface area contributed by atoms with E-state index in [-0.39, 0.29) is 0 Å². The Morgan fingerprint density at radius 2 is 2.05 bits per heavy atom. The quantitative estimate of drug-likeness (QED) is 0.936. The summed E-state index contributed by atoms with van der Waals surface area (Å²) < 4.78 is 1.77. The van der Waals surface area contributed by atoms with Crippen LogP contribution in [0, 0.1) is 13.8 Å². The first-order chi connectivity index (χ1) is 9.43. The van der Waals surface area contributed by atoms with Crippen LogP contribution in [0.2, 0.25) is 5.02 Å². The third kappa shape index (κ3) is 2.89. The van der Waals surface area contributed by atoms with Gasteiger partial charge in [-0.15, -0.1) is 0 Å². The van der Waals surface area contributed by atoms with E-state index in [2.05, 4.69) is 11.2 Å². The van der Waals surface area contributed by atoms with E-state index in [4.69, 9.17) is 11.6 Å². The molecule has 1 unspecified atom stereocenters. The predicted molar refractivity (Wildman–Crippen MR) is 82.2 cm³/mol. The van der Waals surface area contributed by atoms with Crippen LogP contribution in [0.5, 0.6) is 0 Å². The van der Waals surface area contributed by atoms with E-state index >= 15 is 0 Å². The van der Waals surface area contributed by atoms with Crippen LogP contribution in [0.15, 0.2) is 18.2 Å². The molecule has 0 saturated heterocycles. The molecule has 1 aromatic carbocycles. The highest BCUT2D eigenvalue weighted by Crippen LogP contribution is 2.28. The Morgan fingerprint density at radius 3 is 2.65 bits per heavy atom. The fraction of sp³-hybridized carbons (Fsp3) is 0.438. The lowest BCUT2D eigenvalue weighted by molar-refractivity contribution is 0.175. The minimum atomic E-state index is -0.562. The second-order valence-corrected chi connectivity index (χ2v) is 5.64. The monoisotopic (exact) mass is 292 g/mol. The summed E-state index contributed by atoms with van der Waals surface area (Å²) in [5, 5.41) is 15.6. The number of hydrogen-bond donors (Lipinski definition) is 1. The zero-order chi connectivity index (χ0) is 14.9. The third-order valence-electron chi connectivity index (χ3n) is 3.68. The van der Waals surface area contributed by atoms with Gasteiger partial charge < -0.3 is 5.11 Å². The summed E-state index contributed by atoms with van der Waals surface area (Å²) in [6.07, 6.45) is 0.714. The van der Waals surface area contributed by atoms with Gasteiger partial charge in [-0.05, 0) is 31.4 Å². The second-order valence-electron chi connectivity index (χ2n) is 5.26. The number of aromatic nitrogens is 2. The highest BCUT2D eigenvalue weighted by molar-refractivity contribution is 6.31. The van der Waals surface area contributed by atoms with Gasteiger partial charge in [0.05, 0.1) is 22.5 Å². The summed E-state index contributed by atoms with van der Waals surface area (Å²) in [7, 11) is 1.87. The van der Waals surface area contributed by atoms with E-state index in [0.717, 1.165) is 34.5 Å². The molecular weight excluding hydrogens is 272 g/mol. The predicted octanol–water partition coefficient (Wildman–Crippen LogP) is 3.53. The van der Waals surface area contributed by atoms with Gasteiger partial charge >= 0.3 is 0 Å². The Kier molecular flexibility index (Phi) is 4.51. The van der Waals surface area contributed by atoms with Crippen LogP contribution < -0.4 is 0 Å². The third-order valence-corrected chi connectivity index (χ3v) is 4.12. The number of halogens is 1. The molecule has 0 fully saturated rings.